The zero-order valence-corrected chi connectivity index (χ0v) is 11.3. The van der Waals surface area contributed by atoms with E-state index in [1.165, 1.54) is 18.2 Å². The first-order valence-corrected chi connectivity index (χ1v) is 6.29. The highest BCUT2D eigenvalue weighted by molar-refractivity contribution is 6.33. The summed E-state index contributed by atoms with van der Waals surface area (Å²) < 4.78 is 0. The van der Waals surface area contributed by atoms with Gasteiger partial charge in [0.25, 0.3) is 5.69 Å². The van der Waals surface area contributed by atoms with Crippen molar-refractivity contribution in [2.75, 3.05) is 11.9 Å². The molecule has 3 N–H and O–H groups in total. The highest BCUT2D eigenvalue weighted by atomic mass is 35.5. The minimum atomic E-state index is -0.574. The molecule has 0 saturated carbocycles. The number of carbonyl (C=O) groups excluding carboxylic acids is 1. The molecular weight excluding hydrogens is 270 g/mol. The molecule has 1 aromatic carbocycles. The molecule has 1 atom stereocenters. The van der Waals surface area contributed by atoms with E-state index in [4.69, 9.17) is 17.3 Å². The molecule has 104 valence electrons. The summed E-state index contributed by atoms with van der Waals surface area (Å²) in [5.74, 6) is -0.0456. The fourth-order valence-electron chi connectivity index (χ4n) is 1.60. The average molecular weight is 286 g/mol. The van der Waals surface area contributed by atoms with Crippen LogP contribution in [-0.2, 0) is 4.79 Å². The third-order valence-corrected chi connectivity index (χ3v) is 3.12. The number of nitro groups is 1. The Morgan fingerprint density at radius 3 is 2.74 bits per heavy atom. The molecule has 6 nitrogen and oxygen atoms in total. The number of rotatable bonds is 6. The molecule has 0 aromatic heterocycles. The van der Waals surface area contributed by atoms with Gasteiger partial charge in [0.15, 0.2) is 0 Å². The summed E-state index contributed by atoms with van der Waals surface area (Å²) in [6.45, 7) is 2.42. The molecule has 0 aliphatic carbocycles. The predicted octanol–water partition coefficient (Wildman–Crippen LogP) is 2.56. The van der Waals surface area contributed by atoms with E-state index in [9.17, 15) is 14.9 Å². The van der Waals surface area contributed by atoms with Crippen molar-refractivity contribution in [2.24, 2.45) is 11.7 Å². The van der Waals surface area contributed by atoms with Crippen LogP contribution in [0.15, 0.2) is 18.2 Å². The number of hydrogen-bond donors (Lipinski definition) is 2. The van der Waals surface area contributed by atoms with Crippen molar-refractivity contribution in [1.29, 1.82) is 0 Å². The number of nitrogens with two attached hydrogens (primary N) is 1. The molecule has 7 heteroatoms. The van der Waals surface area contributed by atoms with Crippen LogP contribution in [0.2, 0.25) is 5.02 Å². The van der Waals surface area contributed by atoms with Crippen molar-refractivity contribution in [3.8, 4) is 0 Å². The first-order valence-electron chi connectivity index (χ1n) is 5.91. The Labute approximate surface area is 116 Å². The van der Waals surface area contributed by atoms with Crippen molar-refractivity contribution in [3.05, 3.63) is 33.3 Å². The maximum atomic E-state index is 11.7. The molecule has 19 heavy (non-hydrogen) atoms. The molecule has 0 fully saturated rings. The fraction of sp³-hybridized carbons (Fsp3) is 0.417. The summed E-state index contributed by atoms with van der Waals surface area (Å²) in [6, 6.07) is 4.07. The van der Waals surface area contributed by atoms with Gasteiger partial charge in [0, 0.05) is 18.2 Å². The lowest BCUT2D eigenvalue weighted by atomic mass is 10.0. The van der Waals surface area contributed by atoms with Gasteiger partial charge in [-0.05, 0) is 24.6 Å². The molecule has 0 bridgehead atoms. The fourth-order valence-corrected chi connectivity index (χ4v) is 1.85. The van der Waals surface area contributed by atoms with Gasteiger partial charge in [0.05, 0.1) is 4.92 Å². The molecule has 1 aromatic rings. The molecule has 0 spiro atoms. The SMILES string of the molecule is CCC(CN)CC(=O)Nc1ccc([N+](=O)[O-])c(Cl)c1. The first kappa shape index (κ1) is 15.4. The Morgan fingerprint density at radius 2 is 2.26 bits per heavy atom. The Balaban J connectivity index is 2.70. The van der Waals surface area contributed by atoms with E-state index in [0.29, 0.717) is 18.7 Å². The number of nitrogens with zero attached hydrogens (tertiary/aromatic N) is 1. The van der Waals surface area contributed by atoms with Crippen molar-refractivity contribution >= 4 is 28.9 Å². The van der Waals surface area contributed by atoms with Crippen LogP contribution in [-0.4, -0.2) is 17.4 Å². The number of hydrogen-bond acceptors (Lipinski definition) is 4. The highest BCUT2D eigenvalue weighted by Gasteiger charge is 2.14. The normalized spacial score (nSPS) is 11.9. The van der Waals surface area contributed by atoms with Crippen molar-refractivity contribution in [1.82, 2.24) is 0 Å². The zero-order chi connectivity index (χ0) is 14.4. The molecule has 0 aliphatic rings. The Bertz CT molecular complexity index is 475. The monoisotopic (exact) mass is 285 g/mol. The maximum absolute atomic E-state index is 11.7. The topological polar surface area (TPSA) is 98.3 Å². The van der Waals surface area contributed by atoms with Gasteiger partial charge >= 0.3 is 0 Å². The number of carbonyl (C=O) groups is 1. The summed E-state index contributed by atoms with van der Waals surface area (Å²) in [4.78, 5) is 21.8. The van der Waals surface area contributed by atoms with E-state index in [2.05, 4.69) is 5.32 Å². The van der Waals surface area contributed by atoms with Crippen LogP contribution >= 0.6 is 11.6 Å². The van der Waals surface area contributed by atoms with Gasteiger partial charge in [0.2, 0.25) is 5.91 Å². The summed E-state index contributed by atoms with van der Waals surface area (Å²) >= 11 is 5.76. The van der Waals surface area contributed by atoms with E-state index >= 15 is 0 Å². The minimum Gasteiger partial charge on any atom is -0.330 e. The molecule has 1 unspecified atom stereocenters. The zero-order valence-electron chi connectivity index (χ0n) is 10.6. The molecule has 0 heterocycles. The third-order valence-electron chi connectivity index (χ3n) is 2.81. The minimum absolute atomic E-state index is 0.00586. The lowest BCUT2D eigenvalue weighted by Crippen LogP contribution is -2.21. The molecule has 0 radical (unpaired) electrons. The van der Waals surface area contributed by atoms with Gasteiger partial charge < -0.3 is 11.1 Å². The Kier molecular flexibility index (Phi) is 5.72. The van der Waals surface area contributed by atoms with Gasteiger partial charge in [-0.25, -0.2) is 0 Å². The van der Waals surface area contributed by atoms with E-state index in [1.807, 2.05) is 6.92 Å². The number of halogens is 1. The van der Waals surface area contributed by atoms with E-state index in [0.717, 1.165) is 6.42 Å². The van der Waals surface area contributed by atoms with Gasteiger partial charge in [-0.1, -0.05) is 24.9 Å². The van der Waals surface area contributed by atoms with Crippen molar-refractivity contribution in [2.45, 2.75) is 19.8 Å². The molecule has 0 aliphatic heterocycles. The Morgan fingerprint density at radius 1 is 1.58 bits per heavy atom. The predicted molar refractivity (Wildman–Crippen MR) is 74.2 cm³/mol. The maximum Gasteiger partial charge on any atom is 0.288 e. The average Bonchev–Trinajstić information content (AvgIpc) is 2.35. The van der Waals surface area contributed by atoms with Gasteiger partial charge in [-0.15, -0.1) is 0 Å². The molecular formula is C12H16ClN3O3. The van der Waals surface area contributed by atoms with Crippen LogP contribution in [0.1, 0.15) is 19.8 Å². The summed E-state index contributed by atoms with van der Waals surface area (Å²) in [7, 11) is 0. The second kappa shape index (κ2) is 7.06. The Hall–Kier alpha value is -1.66. The second-order valence-electron chi connectivity index (χ2n) is 4.19. The third kappa shape index (κ3) is 4.50. The van der Waals surface area contributed by atoms with Crippen LogP contribution in [0.4, 0.5) is 11.4 Å². The van der Waals surface area contributed by atoms with Crippen LogP contribution in [0, 0.1) is 16.0 Å². The van der Waals surface area contributed by atoms with Crippen molar-refractivity contribution < 1.29 is 9.72 Å². The highest BCUT2D eigenvalue weighted by Crippen LogP contribution is 2.27. The molecule has 1 amide bonds. The lowest BCUT2D eigenvalue weighted by Gasteiger charge is -2.12. The second-order valence-corrected chi connectivity index (χ2v) is 4.59. The van der Waals surface area contributed by atoms with Crippen LogP contribution in [0.3, 0.4) is 0 Å². The summed E-state index contributed by atoms with van der Waals surface area (Å²) in [5, 5.41) is 13.2. The van der Waals surface area contributed by atoms with Gasteiger partial charge in [-0.2, -0.15) is 0 Å². The largest absolute Gasteiger partial charge is 0.330 e. The summed E-state index contributed by atoms with van der Waals surface area (Å²) in [6.07, 6.45) is 1.15. The summed E-state index contributed by atoms with van der Waals surface area (Å²) in [5.41, 5.74) is 5.78. The van der Waals surface area contributed by atoms with E-state index < -0.39 is 4.92 Å². The smallest absolute Gasteiger partial charge is 0.288 e. The number of amides is 1. The standard InChI is InChI=1S/C12H16ClN3O3/c1-2-8(7-14)5-12(17)15-9-3-4-11(16(18)19)10(13)6-9/h3-4,6,8H,2,5,7,14H2,1H3,(H,15,17). The quantitative estimate of drug-likeness (QED) is 0.620. The first-order chi connectivity index (χ1) is 8.97. The molecule has 1 rings (SSSR count). The van der Waals surface area contributed by atoms with Crippen LogP contribution in [0.5, 0.6) is 0 Å². The van der Waals surface area contributed by atoms with Crippen LogP contribution < -0.4 is 11.1 Å². The van der Waals surface area contributed by atoms with Gasteiger partial charge in [-0.3, -0.25) is 14.9 Å². The van der Waals surface area contributed by atoms with Gasteiger partial charge in [0.1, 0.15) is 5.02 Å². The number of nitro benzene ring substituents is 1. The number of benzene rings is 1. The molecule has 0 saturated heterocycles. The number of nitrogens with one attached hydrogen (secondary N) is 1. The number of anilines is 1. The lowest BCUT2D eigenvalue weighted by molar-refractivity contribution is -0.384. The van der Waals surface area contributed by atoms with E-state index in [1.54, 1.807) is 0 Å². The van der Waals surface area contributed by atoms with Crippen LogP contribution in [0.25, 0.3) is 0 Å². The van der Waals surface area contributed by atoms with E-state index in [-0.39, 0.29) is 22.5 Å². The van der Waals surface area contributed by atoms with Crippen molar-refractivity contribution in [3.63, 3.8) is 0 Å².